The quantitative estimate of drug-likeness (QED) is 0.656. The molecule has 0 fully saturated rings. The molecule has 6 heteroatoms. The monoisotopic (exact) mass is 251 g/mol. The first-order valence-corrected chi connectivity index (χ1v) is 6.27. The summed E-state index contributed by atoms with van der Waals surface area (Å²) in [6.45, 7) is 1.88. The summed E-state index contributed by atoms with van der Waals surface area (Å²) in [6.07, 6.45) is 0. The third-order valence-electron chi connectivity index (χ3n) is 1.84. The predicted octanol–water partition coefficient (Wildman–Crippen LogP) is 2.06. The third-order valence-corrected chi connectivity index (χ3v) is 3.47. The Morgan fingerprint density at radius 1 is 1.50 bits per heavy atom. The van der Waals surface area contributed by atoms with Gasteiger partial charge in [0.1, 0.15) is 5.69 Å². The van der Waals surface area contributed by atoms with Crippen LogP contribution in [0.15, 0.2) is 27.9 Å². The number of rotatable bonds is 2. The molecule has 0 bridgehead atoms. The summed E-state index contributed by atoms with van der Waals surface area (Å²) >= 11 is 2.82. The number of amidine groups is 1. The number of thiazole rings is 1. The fraction of sp³-hybridized carbons (Fsp3) is 0.100. The predicted molar refractivity (Wildman–Crippen MR) is 66.2 cm³/mol. The lowest BCUT2D eigenvalue weighted by atomic mass is 10.4. The Labute approximate surface area is 100 Å². The molecule has 2 aromatic rings. The molecule has 82 valence electrons. The highest BCUT2D eigenvalue weighted by molar-refractivity contribution is 7.12. The molecule has 4 nitrogen and oxygen atoms in total. The van der Waals surface area contributed by atoms with Crippen LogP contribution < -0.4 is 5.73 Å². The highest BCUT2D eigenvalue weighted by Crippen LogP contribution is 2.11. The second-order valence-electron chi connectivity index (χ2n) is 3.03. The summed E-state index contributed by atoms with van der Waals surface area (Å²) in [4.78, 5) is 20.2. The maximum Gasteiger partial charge on any atom is 0.289 e. The minimum absolute atomic E-state index is 0.169. The van der Waals surface area contributed by atoms with E-state index in [1.807, 2.05) is 12.3 Å². The van der Waals surface area contributed by atoms with Crippen LogP contribution in [-0.2, 0) is 0 Å². The number of aryl methyl sites for hydroxylation is 1. The zero-order valence-electron chi connectivity index (χ0n) is 8.51. The molecule has 0 atom stereocenters. The summed E-state index contributed by atoms with van der Waals surface area (Å²) in [5.41, 5.74) is 6.26. The molecular formula is C10H9N3OS2. The van der Waals surface area contributed by atoms with Crippen LogP contribution in [0.4, 0.5) is 0 Å². The lowest BCUT2D eigenvalue weighted by Gasteiger charge is -1.94. The van der Waals surface area contributed by atoms with Crippen molar-refractivity contribution >= 4 is 34.4 Å². The van der Waals surface area contributed by atoms with Crippen LogP contribution in [0, 0.1) is 6.92 Å². The first-order chi connectivity index (χ1) is 7.66. The Hall–Kier alpha value is -1.53. The van der Waals surface area contributed by atoms with E-state index in [4.69, 9.17) is 5.73 Å². The number of nitrogens with zero attached hydrogens (tertiary/aromatic N) is 2. The van der Waals surface area contributed by atoms with Gasteiger partial charge >= 0.3 is 0 Å². The van der Waals surface area contributed by atoms with Crippen LogP contribution in [-0.4, -0.2) is 16.7 Å². The molecule has 2 aromatic heterocycles. The zero-order valence-corrected chi connectivity index (χ0v) is 10.1. The summed E-state index contributed by atoms with van der Waals surface area (Å²) in [5, 5.41) is 4.51. The van der Waals surface area contributed by atoms with Crippen LogP contribution in [0.3, 0.4) is 0 Å². The van der Waals surface area contributed by atoms with E-state index in [9.17, 15) is 4.79 Å². The maximum absolute atomic E-state index is 11.6. The van der Waals surface area contributed by atoms with Gasteiger partial charge in [0.2, 0.25) is 0 Å². The molecule has 0 aromatic carbocycles. The van der Waals surface area contributed by atoms with Crippen molar-refractivity contribution in [3.63, 3.8) is 0 Å². The molecular weight excluding hydrogens is 242 g/mol. The lowest BCUT2D eigenvalue weighted by molar-refractivity contribution is 0.101. The molecule has 2 rings (SSSR count). The molecule has 2 N–H and O–H groups in total. The van der Waals surface area contributed by atoms with Crippen molar-refractivity contribution < 1.29 is 4.79 Å². The average Bonchev–Trinajstić information content (AvgIpc) is 2.87. The van der Waals surface area contributed by atoms with Gasteiger partial charge in [0, 0.05) is 5.38 Å². The van der Waals surface area contributed by atoms with Gasteiger partial charge in [-0.2, -0.15) is 4.99 Å². The number of nitrogens with two attached hydrogens (primary N) is 1. The van der Waals surface area contributed by atoms with E-state index >= 15 is 0 Å². The van der Waals surface area contributed by atoms with Crippen molar-refractivity contribution in [1.82, 2.24) is 4.98 Å². The largest absolute Gasteiger partial charge is 0.382 e. The molecule has 1 amide bonds. The van der Waals surface area contributed by atoms with E-state index in [0.29, 0.717) is 10.6 Å². The SMILES string of the molecule is Cc1nc(C(N)=NC(=O)c2cccs2)cs1. The van der Waals surface area contributed by atoms with Gasteiger partial charge < -0.3 is 5.73 Å². The smallest absolute Gasteiger partial charge is 0.289 e. The van der Waals surface area contributed by atoms with Crippen molar-refractivity contribution in [1.29, 1.82) is 0 Å². The van der Waals surface area contributed by atoms with Crippen molar-refractivity contribution in [2.45, 2.75) is 6.92 Å². The van der Waals surface area contributed by atoms with Crippen molar-refractivity contribution in [3.8, 4) is 0 Å². The highest BCUT2D eigenvalue weighted by atomic mass is 32.1. The summed E-state index contributed by atoms with van der Waals surface area (Å²) < 4.78 is 0. The van der Waals surface area contributed by atoms with Gasteiger partial charge in [0.05, 0.1) is 9.88 Å². The van der Waals surface area contributed by atoms with E-state index in [-0.39, 0.29) is 11.7 Å². The Balaban J connectivity index is 2.22. The van der Waals surface area contributed by atoms with Crippen molar-refractivity contribution in [3.05, 3.63) is 38.5 Å². The fourth-order valence-electron chi connectivity index (χ4n) is 1.10. The number of amides is 1. The van der Waals surface area contributed by atoms with Crippen LogP contribution in [0.2, 0.25) is 0 Å². The molecule has 0 saturated heterocycles. The van der Waals surface area contributed by atoms with E-state index < -0.39 is 0 Å². The molecule has 2 heterocycles. The second kappa shape index (κ2) is 4.54. The summed E-state index contributed by atoms with van der Waals surface area (Å²) in [5.74, 6) is -0.152. The molecule has 16 heavy (non-hydrogen) atoms. The summed E-state index contributed by atoms with van der Waals surface area (Å²) in [6, 6.07) is 3.52. The number of thiophene rings is 1. The van der Waals surface area contributed by atoms with Gasteiger partial charge in [0.25, 0.3) is 5.91 Å². The first-order valence-electron chi connectivity index (χ1n) is 4.51. The van der Waals surface area contributed by atoms with Crippen LogP contribution in [0.5, 0.6) is 0 Å². The van der Waals surface area contributed by atoms with E-state index in [0.717, 1.165) is 5.01 Å². The highest BCUT2D eigenvalue weighted by Gasteiger charge is 2.08. The molecule has 0 aliphatic heterocycles. The van der Waals surface area contributed by atoms with Gasteiger partial charge in [-0.3, -0.25) is 4.79 Å². The topological polar surface area (TPSA) is 68.3 Å². The second-order valence-corrected chi connectivity index (χ2v) is 5.04. The maximum atomic E-state index is 11.6. The number of hydrogen-bond acceptors (Lipinski definition) is 4. The molecule has 0 saturated carbocycles. The number of hydrogen-bond donors (Lipinski definition) is 1. The standard InChI is InChI=1S/C10H9N3OS2/c1-6-12-7(5-16-6)9(11)13-10(14)8-3-2-4-15-8/h2-5H,1H3,(H2,11,13,14). The third kappa shape index (κ3) is 2.34. The molecule has 0 radical (unpaired) electrons. The number of carbonyl (C=O) groups is 1. The van der Waals surface area contributed by atoms with E-state index in [1.165, 1.54) is 22.7 Å². The molecule has 0 unspecified atom stereocenters. The summed E-state index contributed by atoms with van der Waals surface area (Å²) in [7, 11) is 0. The van der Waals surface area contributed by atoms with Crippen LogP contribution >= 0.6 is 22.7 Å². The van der Waals surface area contributed by atoms with E-state index in [2.05, 4.69) is 9.98 Å². The van der Waals surface area contributed by atoms with Gasteiger partial charge in [-0.05, 0) is 18.4 Å². The minimum Gasteiger partial charge on any atom is -0.382 e. The first kappa shape index (κ1) is 11.0. The van der Waals surface area contributed by atoms with Crippen LogP contribution in [0.1, 0.15) is 20.4 Å². The zero-order chi connectivity index (χ0) is 11.5. The van der Waals surface area contributed by atoms with E-state index in [1.54, 1.807) is 17.5 Å². The molecule has 0 aliphatic carbocycles. The Morgan fingerprint density at radius 2 is 2.31 bits per heavy atom. The van der Waals surface area contributed by atoms with Crippen LogP contribution in [0.25, 0.3) is 0 Å². The lowest BCUT2D eigenvalue weighted by Crippen LogP contribution is -2.16. The van der Waals surface area contributed by atoms with Crippen molar-refractivity contribution in [2.24, 2.45) is 10.7 Å². The number of aliphatic imine (C=N–C) groups is 1. The Morgan fingerprint density at radius 3 is 2.88 bits per heavy atom. The average molecular weight is 251 g/mol. The van der Waals surface area contributed by atoms with Gasteiger partial charge in [-0.1, -0.05) is 6.07 Å². The number of carbonyl (C=O) groups excluding carboxylic acids is 1. The van der Waals surface area contributed by atoms with Gasteiger partial charge in [0.15, 0.2) is 5.84 Å². The van der Waals surface area contributed by atoms with Crippen molar-refractivity contribution in [2.75, 3.05) is 0 Å². The molecule has 0 aliphatic rings. The Bertz CT molecular complexity index is 528. The Kier molecular flexibility index (Phi) is 3.12. The normalized spacial score (nSPS) is 11.7. The molecule has 0 spiro atoms. The van der Waals surface area contributed by atoms with Gasteiger partial charge in [-0.25, -0.2) is 4.98 Å². The van der Waals surface area contributed by atoms with Gasteiger partial charge in [-0.15, -0.1) is 22.7 Å². The fourth-order valence-corrected chi connectivity index (χ4v) is 2.32. The number of aromatic nitrogens is 1. The minimum atomic E-state index is -0.321.